The molecule has 2 aromatic carbocycles. The van der Waals surface area contributed by atoms with E-state index in [0.29, 0.717) is 0 Å². The zero-order chi connectivity index (χ0) is 26.3. The van der Waals surface area contributed by atoms with Gasteiger partial charge in [-0.25, -0.2) is 21.6 Å². The van der Waals surface area contributed by atoms with Crippen molar-refractivity contribution >= 4 is 31.9 Å². The lowest BCUT2D eigenvalue weighted by atomic mass is 10.1. The second-order valence-corrected chi connectivity index (χ2v) is 12.5. The standard InChI is InChI=1S/C23H32N4O6S2/c1-17-10-12-19(13-11-17)35(32,33)27-20(16-21(28)26-23(2,3)4)22(29)24-14-15-25-34(30,31)18-8-6-5-7-9-18/h5-13,20,25,27H,14-16H2,1-4H3,(H,24,29)(H,26,28)/t20-/m0/s1. The summed E-state index contributed by atoms with van der Waals surface area (Å²) >= 11 is 0. The fourth-order valence-electron chi connectivity index (χ4n) is 2.99. The summed E-state index contributed by atoms with van der Waals surface area (Å²) in [6.07, 6.45) is -0.441. The van der Waals surface area contributed by atoms with E-state index in [4.69, 9.17) is 0 Å². The summed E-state index contributed by atoms with van der Waals surface area (Å²) in [6.45, 7) is 6.84. The highest BCUT2D eigenvalue weighted by molar-refractivity contribution is 7.89. The normalized spacial score (nSPS) is 13.1. The molecule has 2 amide bonds. The Bertz CT molecular complexity index is 1220. The molecule has 12 heteroatoms. The number of nitrogens with one attached hydrogen (secondary N) is 4. The van der Waals surface area contributed by atoms with Crippen molar-refractivity contribution in [3.05, 3.63) is 60.2 Å². The molecule has 0 saturated carbocycles. The second-order valence-electron chi connectivity index (χ2n) is 8.99. The Labute approximate surface area is 207 Å². The van der Waals surface area contributed by atoms with Crippen LogP contribution in [0.5, 0.6) is 0 Å². The Hall–Kier alpha value is -2.80. The lowest BCUT2D eigenvalue weighted by Crippen LogP contribution is -2.51. The van der Waals surface area contributed by atoms with Gasteiger partial charge in [-0.15, -0.1) is 0 Å². The smallest absolute Gasteiger partial charge is 0.241 e. The summed E-state index contributed by atoms with van der Waals surface area (Å²) in [7, 11) is -7.87. The van der Waals surface area contributed by atoms with E-state index in [1.165, 1.54) is 24.3 Å². The molecule has 0 spiro atoms. The Morgan fingerprint density at radius 2 is 1.40 bits per heavy atom. The van der Waals surface area contributed by atoms with E-state index < -0.39 is 49.9 Å². The van der Waals surface area contributed by atoms with Crippen LogP contribution < -0.4 is 20.1 Å². The van der Waals surface area contributed by atoms with Crippen LogP contribution in [-0.2, 0) is 29.6 Å². The van der Waals surface area contributed by atoms with Gasteiger partial charge in [0.1, 0.15) is 6.04 Å². The largest absolute Gasteiger partial charge is 0.353 e. The molecule has 0 unspecified atom stereocenters. The maximum absolute atomic E-state index is 12.8. The van der Waals surface area contributed by atoms with Crippen LogP contribution in [-0.4, -0.2) is 53.3 Å². The third-order valence-corrected chi connectivity index (χ3v) is 7.58. The van der Waals surface area contributed by atoms with E-state index >= 15 is 0 Å². The van der Waals surface area contributed by atoms with Gasteiger partial charge in [0.25, 0.3) is 0 Å². The third kappa shape index (κ3) is 9.40. The summed E-state index contributed by atoms with van der Waals surface area (Å²) < 4.78 is 54.9. The molecule has 35 heavy (non-hydrogen) atoms. The van der Waals surface area contributed by atoms with Gasteiger partial charge >= 0.3 is 0 Å². The molecular weight excluding hydrogens is 492 g/mol. The first kappa shape index (κ1) is 28.4. The average Bonchev–Trinajstić information content (AvgIpc) is 2.75. The Morgan fingerprint density at radius 3 is 1.97 bits per heavy atom. The summed E-state index contributed by atoms with van der Waals surface area (Å²) in [4.78, 5) is 25.3. The molecule has 192 valence electrons. The molecule has 0 fully saturated rings. The zero-order valence-electron chi connectivity index (χ0n) is 20.2. The number of aryl methyl sites for hydroxylation is 1. The molecule has 0 heterocycles. The number of sulfonamides is 2. The number of benzene rings is 2. The molecule has 2 aromatic rings. The molecule has 0 saturated heterocycles. The van der Waals surface area contributed by atoms with Crippen molar-refractivity contribution in [1.82, 2.24) is 20.1 Å². The van der Waals surface area contributed by atoms with Gasteiger partial charge in [-0.3, -0.25) is 9.59 Å². The molecule has 0 bridgehead atoms. The summed E-state index contributed by atoms with van der Waals surface area (Å²) in [5.41, 5.74) is 0.282. The molecule has 0 aliphatic rings. The van der Waals surface area contributed by atoms with Gasteiger partial charge in [0.2, 0.25) is 31.9 Å². The third-order valence-electron chi connectivity index (χ3n) is 4.62. The predicted molar refractivity (Wildman–Crippen MR) is 132 cm³/mol. The molecule has 0 aliphatic carbocycles. The highest BCUT2D eigenvalue weighted by Gasteiger charge is 2.29. The van der Waals surface area contributed by atoms with Crippen molar-refractivity contribution < 1.29 is 26.4 Å². The van der Waals surface area contributed by atoms with E-state index in [1.807, 2.05) is 6.92 Å². The molecule has 0 radical (unpaired) electrons. The monoisotopic (exact) mass is 524 g/mol. The van der Waals surface area contributed by atoms with Crippen molar-refractivity contribution in [2.45, 2.75) is 55.5 Å². The Kier molecular flexibility index (Phi) is 9.55. The van der Waals surface area contributed by atoms with Crippen LogP contribution >= 0.6 is 0 Å². The SMILES string of the molecule is Cc1ccc(S(=O)(=O)N[C@@H](CC(=O)NC(C)(C)C)C(=O)NCCNS(=O)(=O)c2ccccc2)cc1. The maximum atomic E-state index is 12.8. The fraction of sp³-hybridized carbons (Fsp3) is 0.391. The second kappa shape index (κ2) is 11.8. The molecule has 10 nitrogen and oxygen atoms in total. The van der Waals surface area contributed by atoms with Crippen LogP contribution in [0.2, 0.25) is 0 Å². The molecular formula is C23H32N4O6S2. The van der Waals surface area contributed by atoms with E-state index in [-0.39, 0.29) is 22.9 Å². The first-order chi connectivity index (χ1) is 16.2. The predicted octanol–water partition coefficient (Wildman–Crippen LogP) is 1.04. The van der Waals surface area contributed by atoms with Crippen molar-refractivity contribution in [1.29, 1.82) is 0 Å². The van der Waals surface area contributed by atoms with Crippen molar-refractivity contribution in [2.75, 3.05) is 13.1 Å². The molecule has 4 N–H and O–H groups in total. The number of amides is 2. The number of hydrogen-bond donors (Lipinski definition) is 4. The highest BCUT2D eigenvalue weighted by Crippen LogP contribution is 2.12. The molecule has 2 rings (SSSR count). The number of carbonyl (C=O) groups excluding carboxylic acids is 2. The van der Waals surface area contributed by atoms with Gasteiger partial charge < -0.3 is 10.6 Å². The summed E-state index contributed by atoms with van der Waals surface area (Å²) in [6, 6.07) is 12.4. The minimum atomic E-state index is -4.10. The van der Waals surface area contributed by atoms with Gasteiger partial charge in [0.05, 0.1) is 16.2 Å². The first-order valence-electron chi connectivity index (χ1n) is 10.9. The van der Waals surface area contributed by atoms with E-state index in [1.54, 1.807) is 51.1 Å². The first-order valence-corrected chi connectivity index (χ1v) is 13.9. The Morgan fingerprint density at radius 1 is 0.829 bits per heavy atom. The van der Waals surface area contributed by atoms with Crippen LogP contribution in [0.3, 0.4) is 0 Å². The zero-order valence-corrected chi connectivity index (χ0v) is 21.8. The van der Waals surface area contributed by atoms with Crippen molar-refractivity contribution in [2.24, 2.45) is 0 Å². The number of rotatable bonds is 11. The summed E-state index contributed by atoms with van der Waals surface area (Å²) in [5, 5.41) is 5.18. The van der Waals surface area contributed by atoms with Crippen LogP contribution in [0.15, 0.2) is 64.4 Å². The van der Waals surface area contributed by atoms with Crippen LogP contribution in [0.1, 0.15) is 32.8 Å². The van der Waals surface area contributed by atoms with Gasteiger partial charge in [0.15, 0.2) is 0 Å². The topological polar surface area (TPSA) is 151 Å². The van der Waals surface area contributed by atoms with Crippen LogP contribution in [0, 0.1) is 6.92 Å². The number of hydrogen-bond acceptors (Lipinski definition) is 6. The van der Waals surface area contributed by atoms with Gasteiger partial charge in [0, 0.05) is 18.6 Å². The van der Waals surface area contributed by atoms with Gasteiger partial charge in [-0.2, -0.15) is 4.72 Å². The highest BCUT2D eigenvalue weighted by atomic mass is 32.2. The average molecular weight is 525 g/mol. The Balaban J connectivity index is 2.08. The quantitative estimate of drug-likeness (QED) is 0.323. The minimum Gasteiger partial charge on any atom is -0.353 e. The van der Waals surface area contributed by atoms with Crippen LogP contribution in [0.25, 0.3) is 0 Å². The van der Waals surface area contributed by atoms with Gasteiger partial charge in [-0.1, -0.05) is 35.9 Å². The van der Waals surface area contributed by atoms with Crippen molar-refractivity contribution in [3.8, 4) is 0 Å². The maximum Gasteiger partial charge on any atom is 0.241 e. The van der Waals surface area contributed by atoms with Gasteiger partial charge in [-0.05, 0) is 52.0 Å². The van der Waals surface area contributed by atoms with Crippen molar-refractivity contribution in [3.63, 3.8) is 0 Å². The number of carbonyl (C=O) groups is 2. The molecule has 1 atom stereocenters. The lowest BCUT2D eigenvalue weighted by Gasteiger charge is -2.23. The van der Waals surface area contributed by atoms with Crippen LogP contribution in [0.4, 0.5) is 0 Å². The molecule has 0 aliphatic heterocycles. The lowest BCUT2D eigenvalue weighted by molar-refractivity contribution is -0.128. The van der Waals surface area contributed by atoms with E-state index in [2.05, 4.69) is 20.1 Å². The summed E-state index contributed by atoms with van der Waals surface area (Å²) in [5.74, 6) is -1.28. The van der Waals surface area contributed by atoms with E-state index in [9.17, 15) is 26.4 Å². The fourth-order valence-corrected chi connectivity index (χ4v) is 5.24. The van der Waals surface area contributed by atoms with E-state index in [0.717, 1.165) is 5.56 Å². The molecule has 0 aromatic heterocycles. The minimum absolute atomic E-state index is 0.0484.